The Morgan fingerprint density at radius 2 is 2.11 bits per heavy atom. The number of nitriles is 1. The van der Waals surface area contributed by atoms with E-state index in [-0.39, 0.29) is 11.7 Å². The Bertz CT molecular complexity index is 617. The lowest BCUT2D eigenvalue weighted by Crippen LogP contribution is -2.04. The molecule has 2 N–H and O–H groups in total. The van der Waals surface area contributed by atoms with Gasteiger partial charge in [0.1, 0.15) is 5.82 Å². The number of hydrogen-bond acceptors (Lipinski definition) is 5. The summed E-state index contributed by atoms with van der Waals surface area (Å²) in [5.74, 6) is 1.21. The second-order valence-electron chi connectivity index (χ2n) is 3.90. The number of aliphatic imine (C=N–C) groups is 1. The Morgan fingerprint density at radius 3 is 2.68 bits per heavy atom. The van der Waals surface area contributed by atoms with Crippen molar-refractivity contribution in [3.05, 3.63) is 33.6 Å². The van der Waals surface area contributed by atoms with E-state index in [1.807, 2.05) is 12.1 Å². The summed E-state index contributed by atoms with van der Waals surface area (Å²) in [5, 5.41) is 9.13. The summed E-state index contributed by atoms with van der Waals surface area (Å²) >= 11 is 3.42. The minimum atomic E-state index is -0.249. The van der Waals surface area contributed by atoms with Crippen molar-refractivity contribution in [1.29, 1.82) is 5.26 Å². The molecule has 0 aliphatic carbocycles. The van der Waals surface area contributed by atoms with Crippen LogP contribution in [-0.4, -0.2) is 20.4 Å². The average molecular weight is 322 g/mol. The number of benzene rings is 1. The molecule has 1 heterocycles. The van der Waals surface area contributed by atoms with Gasteiger partial charge in [0.2, 0.25) is 0 Å². The molecule has 1 aromatic rings. The number of halogens is 1. The van der Waals surface area contributed by atoms with Crippen molar-refractivity contribution in [3.63, 3.8) is 0 Å². The lowest BCUT2D eigenvalue weighted by molar-refractivity contribution is 0.352. The minimum Gasteiger partial charge on any atom is -0.493 e. The first-order valence-electron chi connectivity index (χ1n) is 5.47. The molecule has 6 heteroatoms. The fourth-order valence-corrected chi connectivity index (χ4v) is 2.58. The number of methoxy groups -OCH3 is 2. The van der Waals surface area contributed by atoms with Gasteiger partial charge in [0.15, 0.2) is 11.5 Å². The second-order valence-corrected chi connectivity index (χ2v) is 4.76. The van der Waals surface area contributed by atoms with Crippen LogP contribution in [0.15, 0.2) is 33.0 Å². The summed E-state index contributed by atoms with van der Waals surface area (Å²) in [6.07, 6.45) is 1.65. The zero-order chi connectivity index (χ0) is 14.0. The second kappa shape index (κ2) is 5.33. The van der Waals surface area contributed by atoms with Crippen molar-refractivity contribution in [3.8, 4) is 17.6 Å². The van der Waals surface area contributed by atoms with Crippen LogP contribution in [-0.2, 0) is 0 Å². The molecule has 0 bridgehead atoms. The quantitative estimate of drug-likeness (QED) is 0.926. The van der Waals surface area contributed by atoms with Gasteiger partial charge in [-0.3, -0.25) is 0 Å². The Kier molecular flexibility index (Phi) is 3.76. The van der Waals surface area contributed by atoms with E-state index in [4.69, 9.17) is 20.5 Å². The van der Waals surface area contributed by atoms with Crippen LogP contribution in [0.5, 0.6) is 11.5 Å². The fraction of sp³-hybridized carbons (Fsp3) is 0.231. The lowest BCUT2D eigenvalue weighted by atomic mass is 9.94. The molecule has 0 saturated carbocycles. The highest BCUT2D eigenvalue weighted by atomic mass is 79.9. The van der Waals surface area contributed by atoms with Crippen molar-refractivity contribution in [2.24, 2.45) is 10.7 Å². The largest absolute Gasteiger partial charge is 0.493 e. The van der Waals surface area contributed by atoms with Crippen LogP contribution in [0.1, 0.15) is 11.5 Å². The predicted octanol–water partition coefficient (Wildman–Crippen LogP) is 2.33. The molecule has 0 saturated heterocycles. The van der Waals surface area contributed by atoms with E-state index < -0.39 is 0 Å². The smallest absolute Gasteiger partial charge is 0.174 e. The maximum atomic E-state index is 9.13. The first kappa shape index (κ1) is 13.4. The predicted molar refractivity (Wildman–Crippen MR) is 75.3 cm³/mol. The van der Waals surface area contributed by atoms with Gasteiger partial charge in [-0.25, -0.2) is 4.99 Å². The molecule has 98 valence electrons. The van der Waals surface area contributed by atoms with Crippen molar-refractivity contribution < 1.29 is 9.47 Å². The Hall–Kier alpha value is -2.00. The third kappa shape index (κ3) is 2.29. The van der Waals surface area contributed by atoms with Crippen molar-refractivity contribution in [1.82, 2.24) is 0 Å². The van der Waals surface area contributed by atoms with E-state index in [2.05, 4.69) is 27.0 Å². The molecule has 1 atom stereocenters. The summed E-state index contributed by atoms with van der Waals surface area (Å²) < 4.78 is 11.3. The summed E-state index contributed by atoms with van der Waals surface area (Å²) in [6.45, 7) is 0. The highest BCUT2D eigenvalue weighted by Gasteiger charge is 2.24. The van der Waals surface area contributed by atoms with Crippen molar-refractivity contribution in [2.45, 2.75) is 5.92 Å². The first-order valence-corrected chi connectivity index (χ1v) is 6.27. The lowest BCUT2D eigenvalue weighted by Gasteiger charge is -2.14. The molecule has 0 radical (unpaired) electrons. The average Bonchev–Trinajstić information content (AvgIpc) is 2.78. The molecule has 1 unspecified atom stereocenters. The maximum absolute atomic E-state index is 9.13. The van der Waals surface area contributed by atoms with Crippen LogP contribution < -0.4 is 15.2 Å². The van der Waals surface area contributed by atoms with E-state index in [9.17, 15) is 0 Å². The number of nitrogens with zero attached hydrogens (tertiary/aromatic N) is 2. The van der Waals surface area contributed by atoms with Crippen molar-refractivity contribution >= 4 is 22.1 Å². The highest BCUT2D eigenvalue weighted by Crippen LogP contribution is 2.40. The minimum absolute atomic E-state index is 0.249. The monoisotopic (exact) mass is 321 g/mol. The number of hydrogen-bond donors (Lipinski definition) is 1. The standard InChI is InChI=1S/C13H12BrN3O2/c1-18-11-4-7(3-10(14)12(11)19-2)9-6-17-13(16)8(9)5-15/h3-4,6,9H,16H2,1-2H3. The fourth-order valence-electron chi connectivity index (χ4n) is 1.96. The first-order chi connectivity index (χ1) is 9.12. The SMILES string of the molecule is COc1cc(C2C=NC(N)=C2C#N)cc(Br)c1OC. The van der Waals surface area contributed by atoms with E-state index >= 15 is 0 Å². The number of nitrogens with two attached hydrogens (primary N) is 1. The van der Waals surface area contributed by atoms with Gasteiger partial charge >= 0.3 is 0 Å². The zero-order valence-corrected chi connectivity index (χ0v) is 12.1. The molecule has 0 spiro atoms. The number of ether oxygens (including phenoxy) is 2. The van der Waals surface area contributed by atoms with Gasteiger partial charge in [-0.05, 0) is 33.6 Å². The van der Waals surface area contributed by atoms with E-state index in [1.54, 1.807) is 20.4 Å². The van der Waals surface area contributed by atoms with Crippen LogP contribution in [0, 0.1) is 11.3 Å². The Labute approximate surface area is 119 Å². The third-order valence-electron chi connectivity index (χ3n) is 2.89. The maximum Gasteiger partial charge on any atom is 0.174 e. The molecular formula is C13H12BrN3O2. The molecule has 0 aromatic heterocycles. The number of rotatable bonds is 3. The van der Waals surface area contributed by atoms with Gasteiger partial charge in [-0.2, -0.15) is 5.26 Å². The van der Waals surface area contributed by atoms with Crippen LogP contribution in [0.3, 0.4) is 0 Å². The van der Waals surface area contributed by atoms with Gasteiger partial charge in [-0.15, -0.1) is 0 Å². The van der Waals surface area contributed by atoms with E-state index in [0.717, 1.165) is 10.0 Å². The molecule has 1 aromatic carbocycles. The van der Waals surface area contributed by atoms with Gasteiger partial charge in [0, 0.05) is 6.21 Å². The van der Waals surface area contributed by atoms with Crippen LogP contribution >= 0.6 is 15.9 Å². The molecule has 5 nitrogen and oxygen atoms in total. The molecule has 19 heavy (non-hydrogen) atoms. The molecule has 1 aliphatic heterocycles. The summed E-state index contributed by atoms with van der Waals surface area (Å²) in [6, 6.07) is 5.77. The van der Waals surface area contributed by atoms with Crippen LogP contribution in [0.4, 0.5) is 0 Å². The van der Waals surface area contributed by atoms with E-state index in [1.165, 1.54) is 0 Å². The molecular weight excluding hydrogens is 310 g/mol. The normalized spacial score (nSPS) is 17.5. The molecule has 0 fully saturated rings. The zero-order valence-electron chi connectivity index (χ0n) is 10.5. The van der Waals surface area contributed by atoms with Gasteiger partial charge in [0.05, 0.1) is 36.3 Å². The van der Waals surface area contributed by atoms with Gasteiger partial charge in [-0.1, -0.05) is 0 Å². The summed E-state index contributed by atoms with van der Waals surface area (Å²) in [7, 11) is 3.13. The van der Waals surface area contributed by atoms with Crippen molar-refractivity contribution in [2.75, 3.05) is 14.2 Å². The summed E-state index contributed by atoms with van der Waals surface area (Å²) in [5.41, 5.74) is 6.98. The third-order valence-corrected chi connectivity index (χ3v) is 3.47. The van der Waals surface area contributed by atoms with E-state index in [0.29, 0.717) is 17.1 Å². The Morgan fingerprint density at radius 1 is 1.37 bits per heavy atom. The molecule has 1 aliphatic rings. The van der Waals surface area contributed by atoms with Gasteiger partial charge in [0.25, 0.3) is 0 Å². The summed E-state index contributed by atoms with van der Waals surface area (Å²) in [4.78, 5) is 4.00. The molecule has 0 amide bonds. The topological polar surface area (TPSA) is 80.6 Å². The highest BCUT2D eigenvalue weighted by molar-refractivity contribution is 9.10. The number of allylic oxidation sites excluding steroid dienone is 1. The van der Waals surface area contributed by atoms with Crippen LogP contribution in [0.25, 0.3) is 0 Å². The Balaban J connectivity index is 2.52. The molecule has 2 rings (SSSR count). The van der Waals surface area contributed by atoms with Gasteiger partial charge < -0.3 is 15.2 Å². The van der Waals surface area contributed by atoms with Crippen LogP contribution in [0.2, 0.25) is 0 Å².